The van der Waals surface area contributed by atoms with E-state index in [1.165, 1.54) is 18.5 Å². The van der Waals surface area contributed by atoms with Gasteiger partial charge in [-0.15, -0.1) is 0 Å². The highest BCUT2D eigenvalue weighted by atomic mass is 15.3. The molecule has 0 aromatic carbocycles. The first-order valence-electron chi connectivity index (χ1n) is 8.54. The Morgan fingerprint density at radius 2 is 1.95 bits per heavy atom. The van der Waals surface area contributed by atoms with E-state index in [0.29, 0.717) is 17.4 Å². The molecule has 0 aliphatic heterocycles. The Balaban J connectivity index is 2.77. The van der Waals surface area contributed by atoms with Gasteiger partial charge in [0.05, 0.1) is 5.69 Å². The topological polar surface area (TPSA) is 29.9 Å². The van der Waals surface area contributed by atoms with Crippen LogP contribution in [-0.4, -0.2) is 22.4 Å². The SMILES string of the molecule is CCCNC(Cc1cc(C)nn1CC)CC(C)C(C)(C)C. The average Bonchev–Trinajstić information content (AvgIpc) is 2.74. The van der Waals surface area contributed by atoms with Gasteiger partial charge in [0.15, 0.2) is 0 Å². The number of aryl methyl sites for hydroxylation is 2. The standard InChI is InChI=1S/C18H35N3/c1-8-10-19-16(11-14(3)18(5,6)7)13-17-12-15(4)20-21(17)9-2/h12,14,16,19H,8-11,13H2,1-7H3. The highest BCUT2D eigenvalue weighted by Crippen LogP contribution is 2.29. The van der Waals surface area contributed by atoms with E-state index in [4.69, 9.17) is 0 Å². The molecule has 1 aromatic rings. The van der Waals surface area contributed by atoms with Gasteiger partial charge in [-0.25, -0.2) is 0 Å². The Hall–Kier alpha value is -0.830. The third-order valence-electron chi connectivity index (χ3n) is 4.54. The molecule has 1 N–H and O–H groups in total. The third kappa shape index (κ3) is 5.82. The average molecular weight is 293 g/mol. The van der Waals surface area contributed by atoms with Crippen LogP contribution in [0.3, 0.4) is 0 Å². The summed E-state index contributed by atoms with van der Waals surface area (Å²) in [6, 6.07) is 2.78. The smallest absolute Gasteiger partial charge is 0.0596 e. The molecule has 1 aromatic heterocycles. The van der Waals surface area contributed by atoms with E-state index < -0.39 is 0 Å². The zero-order valence-corrected chi connectivity index (χ0v) is 15.2. The predicted octanol–water partition coefficient (Wildman–Crippen LogP) is 4.19. The zero-order chi connectivity index (χ0) is 16.0. The van der Waals surface area contributed by atoms with Gasteiger partial charge in [0.2, 0.25) is 0 Å². The van der Waals surface area contributed by atoms with Gasteiger partial charge in [0, 0.05) is 24.7 Å². The second-order valence-electron chi connectivity index (χ2n) is 7.45. The molecule has 122 valence electrons. The minimum atomic E-state index is 0.368. The molecule has 3 heteroatoms. The summed E-state index contributed by atoms with van der Waals surface area (Å²) in [4.78, 5) is 0. The fraction of sp³-hybridized carbons (Fsp3) is 0.833. The van der Waals surface area contributed by atoms with E-state index in [-0.39, 0.29) is 0 Å². The lowest BCUT2D eigenvalue weighted by molar-refractivity contribution is 0.221. The lowest BCUT2D eigenvalue weighted by Gasteiger charge is -2.31. The van der Waals surface area contributed by atoms with Crippen LogP contribution in [0.4, 0.5) is 0 Å². The maximum absolute atomic E-state index is 4.58. The molecule has 0 aliphatic rings. The van der Waals surface area contributed by atoms with Crippen LogP contribution >= 0.6 is 0 Å². The molecule has 21 heavy (non-hydrogen) atoms. The van der Waals surface area contributed by atoms with Crippen LogP contribution in [0.2, 0.25) is 0 Å². The van der Waals surface area contributed by atoms with Gasteiger partial charge in [-0.05, 0) is 50.6 Å². The van der Waals surface area contributed by atoms with Crippen molar-refractivity contribution in [2.24, 2.45) is 11.3 Å². The molecule has 1 rings (SSSR count). The monoisotopic (exact) mass is 293 g/mol. The molecule has 0 spiro atoms. The number of rotatable bonds is 8. The van der Waals surface area contributed by atoms with E-state index in [1.54, 1.807) is 0 Å². The Morgan fingerprint density at radius 3 is 2.48 bits per heavy atom. The second-order valence-corrected chi connectivity index (χ2v) is 7.45. The second kappa shape index (κ2) is 7.98. The lowest BCUT2D eigenvalue weighted by Crippen LogP contribution is -2.36. The maximum Gasteiger partial charge on any atom is 0.0596 e. The summed E-state index contributed by atoms with van der Waals surface area (Å²) in [6.45, 7) is 17.9. The molecule has 1 heterocycles. The fourth-order valence-electron chi connectivity index (χ4n) is 2.66. The van der Waals surface area contributed by atoms with Crippen LogP contribution in [0.1, 0.15) is 65.8 Å². The van der Waals surface area contributed by atoms with Crippen LogP contribution < -0.4 is 5.32 Å². The van der Waals surface area contributed by atoms with E-state index in [9.17, 15) is 0 Å². The highest BCUT2D eigenvalue weighted by Gasteiger charge is 2.24. The minimum Gasteiger partial charge on any atom is -0.314 e. The normalized spacial score (nSPS) is 15.2. The summed E-state index contributed by atoms with van der Waals surface area (Å²) in [7, 11) is 0. The van der Waals surface area contributed by atoms with Crippen LogP contribution in [0.25, 0.3) is 0 Å². The summed E-state index contributed by atoms with van der Waals surface area (Å²) in [5.74, 6) is 0.700. The van der Waals surface area contributed by atoms with Crippen molar-refractivity contribution in [3.8, 4) is 0 Å². The van der Waals surface area contributed by atoms with E-state index in [2.05, 4.69) is 69.6 Å². The minimum absolute atomic E-state index is 0.368. The molecule has 0 amide bonds. The van der Waals surface area contributed by atoms with Crippen LogP contribution in [0.5, 0.6) is 0 Å². The molecule has 0 fully saturated rings. The fourth-order valence-corrected chi connectivity index (χ4v) is 2.66. The first kappa shape index (κ1) is 18.2. The molecule has 3 nitrogen and oxygen atoms in total. The predicted molar refractivity (Wildman–Crippen MR) is 91.7 cm³/mol. The number of hydrogen-bond acceptors (Lipinski definition) is 2. The Kier molecular flexibility index (Phi) is 6.92. The van der Waals surface area contributed by atoms with Gasteiger partial charge in [-0.2, -0.15) is 5.10 Å². The number of aromatic nitrogens is 2. The Morgan fingerprint density at radius 1 is 1.29 bits per heavy atom. The molecule has 0 radical (unpaired) electrons. The molecule has 0 saturated carbocycles. The van der Waals surface area contributed by atoms with Crippen molar-refractivity contribution in [1.82, 2.24) is 15.1 Å². The molecule has 2 atom stereocenters. The van der Waals surface area contributed by atoms with Crippen molar-refractivity contribution < 1.29 is 0 Å². The first-order chi connectivity index (χ1) is 9.77. The molecule has 2 unspecified atom stereocenters. The van der Waals surface area contributed by atoms with E-state index in [1.807, 2.05) is 0 Å². The van der Waals surface area contributed by atoms with Crippen LogP contribution in [0.15, 0.2) is 6.07 Å². The maximum atomic E-state index is 4.58. The van der Waals surface area contributed by atoms with Gasteiger partial charge in [-0.3, -0.25) is 4.68 Å². The molecule has 0 bridgehead atoms. The van der Waals surface area contributed by atoms with Gasteiger partial charge >= 0.3 is 0 Å². The molecule has 0 saturated heterocycles. The van der Waals surface area contributed by atoms with E-state index >= 15 is 0 Å². The van der Waals surface area contributed by atoms with Crippen molar-refractivity contribution in [3.05, 3.63) is 17.5 Å². The molecule has 0 aliphatic carbocycles. The quantitative estimate of drug-likeness (QED) is 0.778. The summed E-state index contributed by atoms with van der Waals surface area (Å²) < 4.78 is 2.15. The number of nitrogens with one attached hydrogen (secondary N) is 1. The Bertz CT molecular complexity index is 415. The van der Waals surface area contributed by atoms with Gasteiger partial charge in [-0.1, -0.05) is 34.6 Å². The largest absolute Gasteiger partial charge is 0.314 e. The van der Waals surface area contributed by atoms with Crippen LogP contribution in [0, 0.1) is 18.3 Å². The van der Waals surface area contributed by atoms with Crippen molar-refractivity contribution >= 4 is 0 Å². The summed E-state index contributed by atoms with van der Waals surface area (Å²) in [5, 5.41) is 8.32. The summed E-state index contributed by atoms with van der Waals surface area (Å²) in [5.41, 5.74) is 2.86. The van der Waals surface area contributed by atoms with E-state index in [0.717, 1.165) is 25.2 Å². The summed E-state index contributed by atoms with van der Waals surface area (Å²) >= 11 is 0. The lowest BCUT2D eigenvalue weighted by atomic mass is 9.78. The first-order valence-corrected chi connectivity index (χ1v) is 8.54. The van der Waals surface area contributed by atoms with Crippen molar-refractivity contribution in [1.29, 1.82) is 0 Å². The van der Waals surface area contributed by atoms with Crippen molar-refractivity contribution in [2.45, 2.75) is 80.3 Å². The van der Waals surface area contributed by atoms with Crippen molar-refractivity contribution in [2.75, 3.05) is 6.54 Å². The van der Waals surface area contributed by atoms with Gasteiger partial charge in [0.25, 0.3) is 0 Å². The van der Waals surface area contributed by atoms with Crippen molar-refractivity contribution in [3.63, 3.8) is 0 Å². The number of nitrogens with zero attached hydrogens (tertiary/aromatic N) is 2. The summed E-state index contributed by atoms with van der Waals surface area (Å²) in [6.07, 6.45) is 3.49. The molecular weight excluding hydrogens is 258 g/mol. The molecular formula is C18H35N3. The van der Waals surface area contributed by atoms with Crippen LogP contribution in [-0.2, 0) is 13.0 Å². The third-order valence-corrected chi connectivity index (χ3v) is 4.54. The van der Waals surface area contributed by atoms with Gasteiger partial charge < -0.3 is 5.32 Å². The highest BCUT2D eigenvalue weighted by molar-refractivity contribution is 5.10. The Labute approximate surface area is 131 Å². The number of hydrogen-bond donors (Lipinski definition) is 1. The van der Waals surface area contributed by atoms with Gasteiger partial charge in [0.1, 0.15) is 0 Å². The zero-order valence-electron chi connectivity index (χ0n) is 15.2.